The first-order valence-electron chi connectivity index (χ1n) is 7.07. The van der Waals surface area contributed by atoms with Crippen molar-refractivity contribution < 1.29 is 9.13 Å². The molecule has 2 aromatic carbocycles. The Morgan fingerprint density at radius 2 is 1.81 bits per heavy atom. The molecule has 21 heavy (non-hydrogen) atoms. The standard InChI is InChI=1S/C17H21FN2O/c1-21-15-9-7-14(8-10-15)13-20(12-4-11-19)17-6-3-2-5-16(17)18/h2-3,5-10H,4,11-13,19H2,1H3. The second kappa shape index (κ2) is 7.64. The van der Waals surface area contributed by atoms with Crippen LogP contribution in [0.2, 0.25) is 0 Å². The Morgan fingerprint density at radius 1 is 1.10 bits per heavy atom. The highest BCUT2D eigenvalue weighted by Gasteiger charge is 2.11. The minimum atomic E-state index is -0.206. The molecule has 0 spiro atoms. The molecule has 0 heterocycles. The third-order valence-electron chi connectivity index (χ3n) is 3.36. The van der Waals surface area contributed by atoms with Crippen LogP contribution in [0.25, 0.3) is 0 Å². The van der Waals surface area contributed by atoms with E-state index in [1.54, 1.807) is 19.2 Å². The van der Waals surface area contributed by atoms with Gasteiger partial charge in [0.15, 0.2) is 0 Å². The molecular weight excluding hydrogens is 267 g/mol. The first-order chi connectivity index (χ1) is 10.2. The molecule has 112 valence electrons. The van der Waals surface area contributed by atoms with Gasteiger partial charge in [0, 0.05) is 13.1 Å². The molecule has 0 bridgehead atoms. The van der Waals surface area contributed by atoms with Gasteiger partial charge in [-0.1, -0.05) is 24.3 Å². The van der Waals surface area contributed by atoms with Gasteiger partial charge in [0.2, 0.25) is 0 Å². The Bertz CT molecular complexity index is 557. The zero-order chi connectivity index (χ0) is 15.1. The van der Waals surface area contributed by atoms with Gasteiger partial charge in [-0.2, -0.15) is 0 Å². The number of anilines is 1. The van der Waals surface area contributed by atoms with Gasteiger partial charge in [-0.15, -0.1) is 0 Å². The van der Waals surface area contributed by atoms with Crippen LogP contribution in [-0.4, -0.2) is 20.2 Å². The molecule has 0 fully saturated rings. The molecule has 0 aliphatic carbocycles. The molecule has 0 radical (unpaired) electrons. The number of methoxy groups -OCH3 is 1. The first-order valence-corrected chi connectivity index (χ1v) is 7.07. The molecule has 0 saturated heterocycles. The molecule has 0 atom stereocenters. The summed E-state index contributed by atoms with van der Waals surface area (Å²) in [6.45, 7) is 1.96. The van der Waals surface area contributed by atoms with Gasteiger partial charge in [-0.05, 0) is 42.8 Å². The summed E-state index contributed by atoms with van der Waals surface area (Å²) in [4.78, 5) is 2.02. The van der Waals surface area contributed by atoms with Crippen molar-refractivity contribution in [1.82, 2.24) is 0 Å². The van der Waals surface area contributed by atoms with E-state index in [9.17, 15) is 4.39 Å². The Kier molecular flexibility index (Phi) is 5.58. The van der Waals surface area contributed by atoms with E-state index in [0.29, 0.717) is 18.8 Å². The number of halogens is 1. The molecule has 2 N–H and O–H groups in total. The molecule has 4 heteroatoms. The van der Waals surface area contributed by atoms with Gasteiger partial charge in [-0.3, -0.25) is 0 Å². The maximum atomic E-state index is 14.0. The number of nitrogens with zero attached hydrogens (tertiary/aromatic N) is 1. The van der Waals surface area contributed by atoms with E-state index < -0.39 is 0 Å². The van der Waals surface area contributed by atoms with Gasteiger partial charge in [0.1, 0.15) is 11.6 Å². The summed E-state index contributed by atoms with van der Waals surface area (Å²) in [6.07, 6.45) is 0.824. The summed E-state index contributed by atoms with van der Waals surface area (Å²) in [7, 11) is 1.64. The molecule has 0 aliphatic rings. The van der Waals surface area contributed by atoms with E-state index in [4.69, 9.17) is 10.5 Å². The maximum absolute atomic E-state index is 14.0. The van der Waals surface area contributed by atoms with Crippen molar-refractivity contribution in [3.63, 3.8) is 0 Å². The number of ether oxygens (including phenoxy) is 1. The van der Waals surface area contributed by atoms with Crippen LogP contribution in [0.1, 0.15) is 12.0 Å². The Morgan fingerprint density at radius 3 is 2.43 bits per heavy atom. The van der Waals surface area contributed by atoms with Gasteiger partial charge in [0.05, 0.1) is 12.8 Å². The minimum absolute atomic E-state index is 0.206. The highest BCUT2D eigenvalue weighted by molar-refractivity contribution is 5.48. The SMILES string of the molecule is COc1ccc(CN(CCCN)c2ccccc2F)cc1. The fourth-order valence-corrected chi connectivity index (χ4v) is 2.23. The summed E-state index contributed by atoms with van der Waals surface area (Å²) in [6, 6.07) is 14.7. The van der Waals surface area contributed by atoms with Crippen molar-refractivity contribution in [1.29, 1.82) is 0 Å². The summed E-state index contributed by atoms with van der Waals surface area (Å²) in [5.74, 6) is 0.612. The minimum Gasteiger partial charge on any atom is -0.497 e. The molecule has 0 aromatic heterocycles. The zero-order valence-corrected chi connectivity index (χ0v) is 12.3. The van der Waals surface area contributed by atoms with E-state index in [2.05, 4.69) is 0 Å². The van der Waals surface area contributed by atoms with Gasteiger partial charge >= 0.3 is 0 Å². The van der Waals surface area contributed by atoms with Crippen molar-refractivity contribution in [2.24, 2.45) is 5.73 Å². The first kappa shape index (κ1) is 15.3. The van der Waals surface area contributed by atoms with E-state index >= 15 is 0 Å². The second-order valence-corrected chi connectivity index (χ2v) is 4.86. The lowest BCUT2D eigenvalue weighted by atomic mass is 10.1. The molecule has 2 rings (SSSR count). The van der Waals surface area contributed by atoms with Crippen molar-refractivity contribution in [3.8, 4) is 5.75 Å². The fraction of sp³-hybridized carbons (Fsp3) is 0.294. The number of para-hydroxylation sites is 1. The average Bonchev–Trinajstić information content (AvgIpc) is 2.53. The Labute approximate surface area is 125 Å². The number of nitrogens with two attached hydrogens (primary N) is 1. The van der Waals surface area contributed by atoms with Crippen LogP contribution >= 0.6 is 0 Å². The molecule has 0 amide bonds. The number of hydrogen-bond acceptors (Lipinski definition) is 3. The highest BCUT2D eigenvalue weighted by atomic mass is 19.1. The van der Waals surface area contributed by atoms with Crippen LogP contribution < -0.4 is 15.4 Å². The predicted octanol–water partition coefficient (Wildman–Crippen LogP) is 3.19. The molecular formula is C17H21FN2O. The summed E-state index contributed by atoms with van der Waals surface area (Å²) in [5, 5.41) is 0. The lowest BCUT2D eigenvalue weighted by Crippen LogP contribution is -2.26. The van der Waals surface area contributed by atoms with Gasteiger partial charge in [0.25, 0.3) is 0 Å². The van der Waals surface area contributed by atoms with E-state index in [0.717, 1.165) is 24.3 Å². The topological polar surface area (TPSA) is 38.5 Å². The smallest absolute Gasteiger partial charge is 0.146 e. The van der Waals surface area contributed by atoms with Gasteiger partial charge in [-0.25, -0.2) is 4.39 Å². The summed E-state index contributed by atoms with van der Waals surface area (Å²) in [5.41, 5.74) is 7.31. The van der Waals surface area contributed by atoms with Crippen molar-refractivity contribution in [3.05, 3.63) is 59.9 Å². The molecule has 0 aliphatic heterocycles. The normalized spacial score (nSPS) is 10.4. The molecule has 3 nitrogen and oxygen atoms in total. The Hall–Kier alpha value is -2.07. The quantitative estimate of drug-likeness (QED) is 0.850. The van der Waals surface area contributed by atoms with Crippen LogP contribution in [0.5, 0.6) is 5.75 Å². The van der Waals surface area contributed by atoms with E-state index in [1.807, 2.05) is 35.2 Å². The number of benzene rings is 2. The number of rotatable bonds is 7. The Balaban J connectivity index is 2.17. The number of hydrogen-bond donors (Lipinski definition) is 1. The van der Waals surface area contributed by atoms with Crippen LogP contribution in [0.3, 0.4) is 0 Å². The van der Waals surface area contributed by atoms with Crippen molar-refractivity contribution in [2.45, 2.75) is 13.0 Å². The molecule has 0 unspecified atom stereocenters. The maximum Gasteiger partial charge on any atom is 0.146 e. The van der Waals surface area contributed by atoms with Crippen LogP contribution in [0.4, 0.5) is 10.1 Å². The monoisotopic (exact) mass is 288 g/mol. The lowest BCUT2D eigenvalue weighted by molar-refractivity contribution is 0.414. The van der Waals surface area contributed by atoms with Crippen LogP contribution in [0.15, 0.2) is 48.5 Å². The lowest BCUT2D eigenvalue weighted by Gasteiger charge is -2.25. The third-order valence-corrected chi connectivity index (χ3v) is 3.36. The summed E-state index contributed by atoms with van der Waals surface area (Å²) >= 11 is 0. The highest BCUT2D eigenvalue weighted by Crippen LogP contribution is 2.22. The third kappa shape index (κ3) is 4.20. The van der Waals surface area contributed by atoms with Crippen LogP contribution in [-0.2, 0) is 6.54 Å². The zero-order valence-electron chi connectivity index (χ0n) is 12.3. The molecule has 0 saturated carbocycles. The van der Waals surface area contributed by atoms with Crippen LogP contribution in [0, 0.1) is 5.82 Å². The largest absolute Gasteiger partial charge is 0.497 e. The van der Waals surface area contributed by atoms with Gasteiger partial charge < -0.3 is 15.4 Å². The average molecular weight is 288 g/mol. The molecule has 2 aromatic rings. The summed E-state index contributed by atoms with van der Waals surface area (Å²) < 4.78 is 19.1. The fourth-order valence-electron chi connectivity index (χ4n) is 2.23. The predicted molar refractivity (Wildman–Crippen MR) is 84.1 cm³/mol. The second-order valence-electron chi connectivity index (χ2n) is 4.86. The van der Waals surface area contributed by atoms with E-state index in [1.165, 1.54) is 6.07 Å². The van der Waals surface area contributed by atoms with E-state index in [-0.39, 0.29) is 5.82 Å². The van der Waals surface area contributed by atoms with Crippen molar-refractivity contribution in [2.75, 3.05) is 25.1 Å². The van der Waals surface area contributed by atoms with Crippen molar-refractivity contribution >= 4 is 5.69 Å².